The van der Waals surface area contributed by atoms with Crippen LogP contribution in [0.4, 0.5) is 5.69 Å². The highest BCUT2D eigenvalue weighted by atomic mass is 35.5. The average molecular weight is 396 g/mol. The summed E-state index contributed by atoms with van der Waals surface area (Å²) in [6.07, 6.45) is 0. The van der Waals surface area contributed by atoms with Gasteiger partial charge < -0.3 is 15.4 Å². The van der Waals surface area contributed by atoms with E-state index in [1.54, 1.807) is 25.3 Å². The zero-order valence-corrected chi connectivity index (χ0v) is 16.7. The first kappa shape index (κ1) is 19.9. The summed E-state index contributed by atoms with van der Waals surface area (Å²) in [6, 6.07) is 24.9. The number of hydrogen-bond acceptors (Lipinski definition) is 2. The number of methoxy groups -OCH3 is 1. The van der Waals surface area contributed by atoms with Gasteiger partial charge in [0.25, 0.3) is 5.91 Å². The van der Waals surface area contributed by atoms with Crippen LogP contribution in [0.3, 0.4) is 0 Å². The Hall–Kier alpha value is -2.82. The lowest BCUT2D eigenvalue weighted by atomic mass is 10.0. The van der Waals surface area contributed by atoms with E-state index in [4.69, 9.17) is 16.3 Å². The van der Waals surface area contributed by atoms with Crippen molar-refractivity contribution in [3.05, 3.63) is 95.0 Å². The Kier molecular flexibility index (Phi) is 6.69. The van der Waals surface area contributed by atoms with Gasteiger partial charge in [0.15, 0.2) is 6.04 Å². The summed E-state index contributed by atoms with van der Waals surface area (Å²) in [6.45, 7) is 2.10. The summed E-state index contributed by atoms with van der Waals surface area (Å²) in [4.78, 5) is 13.1. The maximum Gasteiger partial charge on any atom is 0.287 e. The Balaban J connectivity index is 1.82. The molecule has 0 bridgehead atoms. The van der Waals surface area contributed by atoms with Crippen LogP contribution in [0.15, 0.2) is 78.9 Å². The molecule has 3 N–H and O–H groups in total. The number of carbonyl (C=O) groups is 1. The van der Waals surface area contributed by atoms with E-state index in [9.17, 15) is 4.79 Å². The highest BCUT2D eigenvalue weighted by Gasteiger charge is 2.27. The Morgan fingerprint density at radius 1 is 0.964 bits per heavy atom. The van der Waals surface area contributed by atoms with Gasteiger partial charge in [-0.15, -0.1) is 0 Å². The highest BCUT2D eigenvalue weighted by molar-refractivity contribution is 6.32. The van der Waals surface area contributed by atoms with Gasteiger partial charge in [0.05, 0.1) is 12.1 Å². The van der Waals surface area contributed by atoms with E-state index >= 15 is 0 Å². The van der Waals surface area contributed by atoms with Gasteiger partial charge in [0, 0.05) is 16.8 Å². The Morgan fingerprint density at radius 2 is 1.57 bits per heavy atom. The second-order valence-electron chi connectivity index (χ2n) is 6.62. The molecule has 28 heavy (non-hydrogen) atoms. The first-order valence-corrected chi connectivity index (χ1v) is 9.55. The average Bonchev–Trinajstić information content (AvgIpc) is 2.73. The molecule has 144 valence electrons. The Labute approximate surface area is 170 Å². The van der Waals surface area contributed by atoms with Crippen molar-refractivity contribution in [2.24, 2.45) is 0 Å². The number of amides is 1. The lowest BCUT2D eigenvalue weighted by molar-refractivity contribution is -0.718. The molecular formula is C23H24ClN2O2+. The normalized spacial score (nSPS) is 12.8. The fourth-order valence-electron chi connectivity index (χ4n) is 3.13. The van der Waals surface area contributed by atoms with Gasteiger partial charge in [-0.05, 0) is 25.1 Å². The van der Waals surface area contributed by atoms with Crippen molar-refractivity contribution in [3.8, 4) is 5.75 Å². The van der Waals surface area contributed by atoms with E-state index in [0.29, 0.717) is 16.5 Å². The SMILES string of the molecule is COc1ccc(NC(=O)[C@@H]([NH2+][C@@H](C)c2ccccc2)c2ccccc2)cc1Cl. The van der Waals surface area contributed by atoms with E-state index in [0.717, 1.165) is 5.56 Å². The van der Waals surface area contributed by atoms with Crippen molar-refractivity contribution in [1.82, 2.24) is 0 Å². The Morgan fingerprint density at radius 3 is 2.14 bits per heavy atom. The van der Waals surface area contributed by atoms with Crippen LogP contribution in [0.25, 0.3) is 0 Å². The minimum absolute atomic E-state index is 0.102. The van der Waals surface area contributed by atoms with Gasteiger partial charge in [0.2, 0.25) is 0 Å². The molecular weight excluding hydrogens is 372 g/mol. The van der Waals surface area contributed by atoms with Crippen molar-refractivity contribution in [1.29, 1.82) is 0 Å². The van der Waals surface area contributed by atoms with Crippen LogP contribution in [0, 0.1) is 0 Å². The summed E-state index contributed by atoms with van der Waals surface area (Å²) in [7, 11) is 1.56. The van der Waals surface area contributed by atoms with E-state index < -0.39 is 6.04 Å². The fourth-order valence-corrected chi connectivity index (χ4v) is 3.39. The van der Waals surface area contributed by atoms with Gasteiger partial charge in [0.1, 0.15) is 11.8 Å². The molecule has 0 aliphatic heterocycles. The molecule has 4 nitrogen and oxygen atoms in total. The summed E-state index contributed by atoms with van der Waals surface area (Å²) >= 11 is 6.19. The van der Waals surface area contributed by atoms with E-state index in [1.807, 2.05) is 48.5 Å². The van der Waals surface area contributed by atoms with E-state index in [1.165, 1.54) is 5.56 Å². The molecule has 5 heteroatoms. The van der Waals surface area contributed by atoms with Gasteiger partial charge in [-0.3, -0.25) is 4.79 Å². The number of benzene rings is 3. The zero-order valence-electron chi connectivity index (χ0n) is 15.9. The molecule has 3 aromatic carbocycles. The number of halogens is 1. The lowest BCUT2D eigenvalue weighted by Gasteiger charge is -2.20. The van der Waals surface area contributed by atoms with Crippen LogP contribution in [0.2, 0.25) is 5.02 Å². The van der Waals surface area contributed by atoms with Crippen LogP contribution in [0.5, 0.6) is 5.75 Å². The van der Waals surface area contributed by atoms with Crippen molar-refractivity contribution < 1.29 is 14.8 Å². The molecule has 1 amide bonds. The molecule has 0 spiro atoms. The summed E-state index contributed by atoms with van der Waals surface area (Å²) in [5.41, 5.74) is 2.75. The summed E-state index contributed by atoms with van der Waals surface area (Å²) in [5.74, 6) is 0.471. The number of ether oxygens (including phenoxy) is 1. The molecule has 0 aliphatic carbocycles. The minimum atomic E-state index is -0.391. The maximum absolute atomic E-state index is 13.1. The number of hydrogen-bond donors (Lipinski definition) is 2. The molecule has 0 aliphatic rings. The van der Waals surface area contributed by atoms with Crippen LogP contribution in [0.1, 0.15) is 30.1 Å². The quantitative estimate of drug-likeness (QED) is 0.624. The molecule has 0 saturated heterocycles. The van der Waals surface area contributed by atoms with Gasteiger partial charge in [-0.25, -0.2) is 0 Å². The summed E-state index contributed by atoms with van der Waals surface area (Å²) < 4.78 is 5.17. The smallest absolute Gasteiger partial charge is 0.287 e. The molecule has 0 saturated carbocycles. The van der Waals surface area contributed by atoms with E-state index in [2.05, 4.69) is 29.7 Å². The number of nitrogens with two attached hydrogens (primary N) is 1. The molecule has 2 atom stereocenters. The fraction of sp³-hybridized carbons (Fsp3) is 0.174. The third-order valence-electron chi connectivity index (χ3n) is 4.67. The highest BCUT2D eigenvalue weighted by Crippen LogP contribution is 2.27. The number of quaternary nitrogens is 1. The van der Waals surface area contributed by atoms with Crippen molar-refractivity contribution in [2.75, 3.05) is 12.4 Å². The molecule has 0 heterocycles. The zero-order chi connectivity index (χ0) is 19.9. The largest absolute Gasteiger partial charge is 0.495 e. The van der Waals surface area contributed by atoms with Gasteiger partial charge in [-0.1, -0.05) is 72.3 Å². The van der Waals surface area contributed by atoms with Crippen LogP contribution >= 0.6 is 11.6 Å². The van der Waals surface area contributed by atoms with Crippen molar-refractivity contribution in [2.45, 2.75) is 19.0 Å². The maximum atomic E-state index is 13.1. The molecule has 0 unspecified atom stereocenters. The standard InChI is InChI=1S/C23H23ClN2O2/c1-16(17-9-5-3-6-10-17)25-22(18-11-7-4-8-12-18)23(27)26-19-13-14-21(28-2)20(24)15-19/h3-16,22,25H,1-2H3,(H,26,27)/p+1/t16-,22-/m0/s1. The third-order valence-corrected chi connectivity index (χ3v) is 4.96. The van der Waals surface area contributed by atoms with Crippen molar-refractivity contribution >= 4 is 23.2 Å². The molecule has 3 rings (SSSR count). The van der Waals surface area contributed by atoms with Crippen LogP contribution < -0.4 is 15.4 Å². The monoisotopic (exact) mass is 395 g/mol. The summed E-state index contributed by atoms with van der Waals surface area (Å²) in [5, 5.41) is 5.51. The van der Waals surface area contributed by atoms with Crippen LogP contribution in [-0.4, -0.2) is 13.0 Å². The van der Waals surface area contributed by atoms with Crippen LogP contribution in [-0.2, 0) is 4.79 Å². The topological polar surface area (TPSA) is 54.9 Å². The van der Waals surface area contributed by atoms with Gasteiger partial charge in [-0.2, -0.15) is 0 Å². The third kappa shape index (κ3) is 4.91. The molecule has 0 radical (unpaired) electrons. The number of anilines is 1. The van der Waals surface area contributed by atoms with Gasteiger partial charge >= 0.3 is 0 Å². The first-order valence-electron chi connectivity index (χ1n) is 9.17. The second-order valence-corrected chi connectivity index (χ2v) is 7.03. The second kappa shape index (κ2) is 9.40. The Bertz CT molecular complexity index is 916. The molecule has 3 aromatic rings. The predicted octanol–water partition coefficient (Wildman–Crippen LogP) is 4.35. The number of carbonyl (C=O) groups excluding carboxylic acids is 1. The lowest BCUT2D eigenvalue weighted by Crippen LogP contribution is -2.87. The molecule has 0 aromatic heterocycles. The van der Waals surface area contributed by atoms with Crippen molar-refractivity contribution in [3.63, 3.8) is 0 Å². The number of nitrogens with one attached hydrogen (secondary N) is 1. The predicted molar refractivity (Wildman–Crippen MR) is 113 cm³/mol. The van der Waals surface area contributed by atoms with E-state index in [-0.39, 0.29) is 11.9 Å². The molecule has 0 fully saturated rings. The number of rotatable bonds is 7. The first-order chi connectivity index (χ1) is 13.6. The minimum Gasteiger partial charge on any atom is -0.495 e.